The molecule has 1 heterocycles. The highest BCUT2D eigenvalue weighted by Gasteiger charge is 2.10. The molecule has 0 saturated heterocycles. The van der Waals surface area contributed by atoms with Gasteiger partial charge >= 0.3 is 0 Å². The fourth-order valence-electron chi connectivity index (χ4n) is 1.88. The van der Waals surface area contributed by atoms with Crippen LogP contribution in [0.5, 0.6) is 5.75 Å². The highest BCUT2D eigenvalue weighted by atomic mass is 16.5. The largest absolute Gasteiger partial charge is 0.488 e. The van der Waals surface area contributed by atoms with E-state index in [0.29, 0.717) is 12.4 Å². The van der Waals surface area contributed by atoms with Crippen LogP contribution in [0, 0.1) is 13.8 Å². The van der Waals surface area contributed by atoms with Crippen molar-refractivity contribution in [1.29, 1.82) is 0 Å². The summed E-state index contributed by atoms with van der Waals surface area (Å²) in [4.78, 5) is 12.3. The van der Waals surface area contributed by atoms with E-state index in [4.69, 9.17) is 4.74 Å². The average Bonchev–Trinajstić information content (AvgIpc) is 2.36. The Kier molecular flexibility index (Phi) is 5.96. The predicted molar refractivity (Wildman–Crippen MR) is 75.5 cm³/mol. The summed E-state index contributed by atoms with van der Waals surface area (Å²) in [5.74, 6) is 0.502. The molecule has 0 saturated carbocycles. The molecule has 3 heteroatoms. The van der Waals surface area contributed by atoms with Crippen molar-refractivity contribution in [3.05, 3.63) is 27.7 Å². The van der Waals surface area contributed by atoms with E-state index in [0.717, 1.165) is 43.5 Å². The lowest BCUT2D eigenvalue weighted by atomic mass is 10.2. The molecule has 0 aliphatic heterocycles. The third kappa shape index (κ3) is 3.62. The molecule has 0 unspecified atom stereocenters. The van der Waals surface area contributed by atoms with Crippen LogP contribution in [0.25, 0.3) is 0 Å². The number of ether oxygens (including phenoxy) is 1. The summed E-state index contributed by atoms with van der Waals surface area (Å²) in [6.45, 7) is 9.69. The maximum Gasteiger partial charge on any atom is 0.293 e. The minimum absolute atomic E-state index is 0.0163. The topological polar surface area (TPSA) is 31.2 Å². The highest BCUT2D eigenvalue weighted by Crippen LogP contribution is 2.13. The van der Waals surface area contributed by atoms with E-state index in [2.05, 4.69) is 13.8 Å². The zero-order valence-electron chi connectivity index (χ0n) is 12.1. The maximum absolute atomic E-state index is 12.3. The quantitative estimate of drug-likeness (QED) is 0.695. The molecule has 0 radical (unpaired) electrons. The van der Waals surface area contributed by atoms with E-state index < -0.39 is 0 Å². The van der Waals surface area contributed by atoms with Crippen molar-refractivity contribution < 1.29 is 4.74 Å². The second kappa shape index (κ2) is 7.24. The van der Waals surface area contributed by atoms with E-state index in [1.165, 1.54) is 0 Å². The van der Waals surface area contributed by atoms with Crippen LogP contribution in [0.1, 0.15) is 50.8 Å². The Morgan fingerprint density at radius 3 is 2.44 bits per heavy atom. The monoisotopic (exact) mass is 251 g/mol. The number of hydrogen-bond acceptors (Lipinski definition) is 2. The highest BCUT2D eigenvalue weighted by molar-refractivity contribution is 5.29. The van der Waals surface area contributed by atoms with Crippen LogP contribution in [0.2, 0.25) is 0 Å². The lowest BCUT2D eigenvalue weighted by Crippen LogP contribution is -2.25. The first-order valence-electron chi connectivity index (χ1n) is 6.95. The molecule has 1 aromatic heterocycles. The van der Waals surface area contributed by atoms with Crippen molar-refractivity contribution in [2.75, 3.05) is 6.61 Å². The summed E-state index contributed by atoms with van der Waals surface area (Å²) in [7, 11) is 0. The van der Waals surface area contributed by atoms with Gasteiger partial charge in [0.2, 0.25) is 0 Å². The molecule has 0 aromatic carbocycles. The van der Waals surface area contributed by atoms with Crippen molar-refractivity contribution >= 4 is 0 Å². The molecule has 0 fully saturated rings. The van der Waals surface area contributed by atoms with Gasteiger partial charge in [-0.1, -0.05) is 26.7 Å². The van der Waals surface area contributed by atoms with Crippen LogP contribution in [0.15, 0.2) is 10.9 Å². The third-order valence-electron chi connectivity index (χ3n) is 3.27. The van der Waals surface area contributed by atoms with E-state index >= 15 is 0 Å². The van der Waals surface area contributed by atoms with E-state index in [-0.39, 0.29) is 5.56 Å². The number of aryl methyl sites for hydroxylation is 1. The lowest BCUT2D eigenvalue weighted by Gasteiger charge is -2.14. The summed E-state index contributed by atoms with van der Waals surface area (Å²) < 4.78 is 7.45. The molecule has 0 N–H and O–H groups in total. The number of hydrogen-bond donors (Lipinski definition) is 0. The lowest BCUT2D eigenvalue weighted by molar-refractivity contribution is 0.301. The number of unbranched alkanes of at least 4 members (excludes halogenated alkanes) is 2. The Balaban J connectivity index is 2.98. The number of aromatic nitrogens is 1. The first kappa shape index (κ1) is 14.8. The van der Waals surface area contributed by atoms with Gasteiger partial charge in [0.05, 0.1) is 6.61 Å². The maximum atomic E-state index is 12.3. The Morgan fingerprint density at radius 1 is 1.17 bits per heavy atom. The van der Waals surface area contributed by atoms with Gasteiger partial charge in [0.25, 0.3) is 5.56 Å². The SMILES string of the molecule is CCCCOc1cc(C)c(C)n(CCCC)c1=O. The summed E-state index contributed by atoms with van der Waals surface area (Å²) in [5, 5.41) is 0. The van der Waals surface area contributed by atoms with Crippen LogP contribution in [-0.4, -0.2) is 11.2 Å². The zero-order chi connectivity index (χ0) is 13.5. The molecule has 1 aromatic rings. The Morgan fingerprint density at radius 2 is 1.83 bits per heavy atom. The number of pyridine rings is 1. The Hall–Kier alpha value is -1.25. The van der Waals surface area contributed by atoms with Crippen molar-refractivity contribution in [3.8, 4) is 5.75 Å². The predicted octanol–water partition coefficient (Wildman–Crippen LogP) is 3.44. The molecule has 0 spiro atoms. The van der Waals surface area contributed by atoms with Gasteiger partial charge in [0.15, 0.2) is 5.75 Å². The fourth-order valence-corrected chi connectivity index (χ4v) is 1.88. The second-order valence-electron chi connectivity index (χ2n) is 4.79. The molecule has 1 rings (SSSR count). The van der Waals surface area contributed by atoms with Gasteiger partial charge in [-0.3, -0.25) is 4.79 Å². The molecule has 0 aliphatic rings. The van der Waals surface area contributed by atoms with Crippen molar-refractivity contribution in [1.82, 2.24) is 4.57 Å². The van der Waals surface area contributed by atoms with Gasteiger partial charge in [0.1, 0.15) is 0 Å². The molecular formula is C15H25NO2. The first-order valence-corrected chi connectivity index (χ1v) is 6.95. The number of nitrogens with zero attached hydrogens (tertiary/aromatic N) is 1. The fraction of sp³-hybridized carbons (Fsp3) is 0.667. The Bertz CT molecular complexity index is 435. The van der Waals surface area contributed by atoms with Crippen LogP contribution in [0.4, 0.5) is 0 Å². The summed E-state index contributed by atoms with van der Waals surface area (Å²) in [6, 6.07) is 1.87. The van der Waals surface area contributed by atoms with Gasteiger partial charge in [-0.2, -0.15) is 0 Å². The zero-order valence-corrected chi connectivity index (χ0v) is 12.1. The molecule has 0 aliphatic carbocycles. The van der Waals surface area contributed by atoms with Gasteiger partial charge in [0, 0.05) is 12.2 Å². The second-order valence-corrected chi connectivity index (χ2v) is 4.79. The van der Waals surface area contributed by atoms with Crippen molar-refractivity contribution in [2.45, 2.75) is 59.9 Å². The summed E-state index contributed by atoms with van der Waals surface area (Å²) in [5.41, 5.74) is 2.19. The molecule has 18 heavy (non-hydrogen) atoms. The summed E-state index contributed by atoms with van der Waals surface area (Å²) >= 11 is 0. The van der Waals surface area contributed by atoms with Crippen LogP contribution in [-0.2, 0) is 6.54 Å². The van der Waals surface area contributed by atoms with E-state index in [9.17, 15) is 4.79 Å². The van der Waals surface area contributed by atoms with Crippen molar-refractivity contribution in [3.63, 3.8) is 0 Å². The Labute approximate surface area is 110 Å². The third-order valence-corrected chi connectivity index (χ3v) is 3.27. The van der Waals surface area contributed by atoms with Crippen molar-refractivity contribution in [2.24, 2.45) is 0 Å². The van der Waals surface area contributed by atoms with Crippen LogP contribution < -0.4 is 10.3 Å². The summed E-state index contributed by atoms with van der Waals surface area (Å²) in [6.07, 6.45) is 4.18. The number of rotatable bonds is 7. The van der Waals surface area contributed by atoms with Gasteiger partial charge in [-0.15, -0.1) is 0 Å². The minimum Gasteiger partial charge on any atom is -0.488 e. The van der Waals surface area contributed by atoms with Gasteiger partial charge in [-0.05, 0) is 38.3 Å². The standard InChI is InChI=1S/C15H25NO2/c1-5-7-9-16-13(4)12(3)11-14(15(16)17)18-10-8-6-2/h11H,5-10H2,1-4H3. The minimum atomic E-state index is 0.0163. The molecule has 0 bridgehead atoms. The van der Waals surface area contributed by atoms with Crippen LogP contribution >= 0.6 is 0 Å². The van der Waals surface area contributed by atoms with Crippen LogP contribution in [0.3, 0.4) is 0 Å². The molecule has 3 nitrogen and oxygen atoms in total. The first-order chi connectivity index (χ1) is 8.61. The smallest absolute Gasteiger partial charge is 0.293 e. The molecular weight excluding hydrogens is 226 g/mol. The van der Waals surface area contributed by atoms with E-state index in [1.807, 2.05) is 24.5 Å². The molecule has 0 atom stereocenters. The molecule has 0 amide bonds. The van der Waals surface area contributed by atoms with E-state index in [1.54, 1.807) is 0 Å². The normalized spacial score (nSPS) is 10.7. The molecule has 102 valence electrons. The average molecular weight is 251 g/mol. The van der Waals surface area contributed by atoms with Gasteiger partial charge in [-0.25, -0.2) is 0 Å². The van der Waals surface area contributed by atoms with Gasteiger partial charge < -0.3 is 9.30 Å².